The van der Waals surface area contributed by atoms with Crippen molar-refractivity contribution in [2.24, 2.45) is 16.7 Å². The summed E-state index contributed by atoms with van der Waals surface area (Å²) >= 11 is 0. The Bertz CT molecular complexity index is 143. The van der Waals surface area contributed by atoms with Crippen LogP contribution in [0, 0.1) is 16.7 Å². The molecule has 0 aliphatic rings. The lowest BCUT2D eigenvalue weighted by molar-refractivity contribution is -0.0336. The summed E-state index contributed by atoms with van der Waals surface area (Å²) in [5, 5.41) is 9.44. The zero-order valence-corrected chi connectivity index (χ0v) is 10.1. The van der Waals surface area contributed by atoms with Crippen LogP contribution in [0.25, 0.3) is 0 Å². The molecule has 0 radical (unpaired) electrons. The summed E-state index contributed by atoms with van der Waals surface area (Å²) in [6.07, 6.45) is 2.30. The van der Waals surface area contributed by atoms with Gasteiger partial charge in [-0.15, -0.1) is 0 Å². The van der Waals surface area contributed by atoms with Gasteiger partial charge in [-0.05, 0) is 29.6 Å². The average Bonchev–Trinajstić information content (AvgIpc) is 2.06. The minimum Gasteiger partial charge on any atom is -0.396 e. The smallest absolute Gasteiger partial charge is 0.0487 e. The molecule has 0 amide bonds. The first-order valence-electron chi connectivity index (χ1n) is 5.48. The zero-order valence-electron chi connectivity index (χ0n) is 10.1. The van der Waals surface area contributed by atoms with Crippen molar-refractivity contribution < 1.29 is 5.11 Å². The second-order valence-electron chi connectivity index (χ2n) is 5.06. The molecule has 0 atom stereocenters. The van der Waals surface area contributed by atoms with Gasteiger partial charge in [0.25, 0.3) is 0 Å². The van der Waals surface area contributed by atoms with Gasteiger partial charge in [0.15, 0.2) is 0 Å². The lowest BCUT2D eigenvalue weighted by atomic mass is 9.57. The number of hydrogen-bond donors (Lipinski definition) is 1. The molecule has 0 aromatic carbocycles. The van der Waals surface area contributed by atoms with Crippen molar-refractivity contribution in [2.45, 2.75) is 54.4 Å². The van der Waals surface area contributed by atoms with E-state index in [0.29, 0.717) is 5.92 Å². The highest BCUT2D eigenvalue weighted by Crippen LogP contribution is 2.49. The van der Waals surface area contributed by atoms with Gasteiger partial charge in [-0.1, -0.05) is 41.5 Å². The van der Waals surface area contributed by atoms with Crippen LogP contribution < -0.4 is 0 Å². The number of aliphatic hydroxyl groups excluding tert-OH is 1. The van der Waals surface area contributed by atoms with E-state index in [4.69, 9.17) is 0 Å². The van der Waals surface area contributed by atoms with Crippen molar-refractivity contribution in [2.75, 3.05) is 6.61 Å². The molecule has 0 aliphatic carbocycles. The van der Waals surface area contributed by atoms with Crippen molar-refractivity contribution in [3.8, 4) is 0 Å². The first-order chi connectivity index (χ1) is 5.88. The van der Waals surface area contributed by atoms with Crippen LogP contribution in [0.4, 0.5) is 0 Å². The highest BCUT2D eigenvalue weighted by atomic mass is 16.3. The van der Waals surface area contributed by atoms with E-state index in [2.05, 4.69) is 41.5 Å². The van der Waals surface area contributed by atoms with E-state index >= 15 is 0 Å². The predicted molar refractivity (Wildman–Crippen MR) is 58.7 cm³/mol. The molecule has 0 fully saturated rings. The third-order valence-corrected chi connectivity index (χ3v) is 4.11. The summed E-state index contributed by atoms with van der Waals surface area (Å²) in [6.45, 7) is 13.7. The van der Waals surface area contributed by atoms with Gasteiger partial charge in [-0.25, -0.2) is 0 Å². The van der Waals surface area contributed by atoms with E-state index in [1.807, 2.05) is 0 Å². The monoisotopic (exact) mass is 186 g/mol. The summed E-state index contributed by atoms with van der Waals surface area (Å²) in [7, 11) is 0. The quantitative estimate of drug-likeness (QED) is 0.697. The van der Waals surface area contributed by atoms with Gasteiger partial charge >= 0.3 is 0 Å². The van der Waals surface area contributed by atoms with Crippen molar-refractivity contribution in [3.05, 3.63) is 0 Å². The third kappa shape index (κ3) is 2.07. The molecule has 1 N–H and O–H groups in total. The molecule has 0 saturated heterocycles. The summed E-state index contributed by atoms with van der Waals surface area (Å²) in [4.78, 5) is 0. The van der Waals surface area contributed by atoms with Gasteiger partial charge in [0.2, 0.25) is 0 Å². The summed E-state index contributed by atoms with van der Waals surface area (Å²) in [6, 6.07) is 0. The van der Waals surface area contributed by atoms with E-state index in [1.165, 1.54) is 0 Å². The van der Waals surface area contributed by atoms with Crippen molar-refractivity contribution in [3.63, 3.8) is 0 Å². The van der Waals surface area contributed by atoms with E-state index in [0.717, 1.165) is 12.8 Å². The van der Waals surface area contributed by atoms with Gasteiger partial charge in [0.05, 0.1) is 0 Å². The molecule has 80 valence electrons. The molecule has 0 unspecified atom stereocenters. The summed E-state index contributed by atoms with van der Waals surface area (Å²) < 4.78 is 0. The summed E-state index contributed by atoms with van der Waals surface area (Å²) in [5.41, 5.74) is 0.312. The van der Waals surface area contributed by atoms with E-state index in [1.54, 1.807) is 0 Å². The second kappa shape index (κ2) is 4.45. The predicted octanol–water partition coefficient (Wildman–Crippen LogP) is 3.47. The average molecular weight is 186 g/mol. The maximum Gasteiger partial charge on any atom is 0.0487 e. The van der Waals surface area contributed by atoms with Gasteiger partial charge < -0.3 is 5.11 Å². The van der Waals surface area contributed by atoms with Crippen LogP contribution in [0.2, 0.25) is 0 Å². The molecule has 0 saturated carbocycles. The fourth-order valence-electron chi connectivity index (χ4n) is 2.96. The molecule has 0 bridgehead atoms. The minimum absolute atomic E-state index is 0.0324. The largest absolute Gasteiger partial charge is 0.396 e. The maximum atomic E-state index is 9.44. The third-order valence-electron chi connectivity index (χ3n) is 4.11. The highest BCUT2D eigenvalue weighted by Gasteiger charge is 2.43. The lowest BCUT2D eigenvalue weighted by Crippen LogP contribution is -2.43. The number of rotatable bonds is 5. The molecule has 0 aliphatic heterocycles. The number of hydrogen-bond acceptors (Lipinski definition) is 1. The fourth-order valence-corrected chi connectivity index (χ4v) is 2.96. The van der Waals surface area contributed by atoms with Crippen molar-refractivity contribution >= 4 is 0 Å². The van der Waals surface area contributed by atoms with E-state index in [9.17, 15) is 5.11 Å². The molecule has 1 nitrogen and oxygen atoms in total. The SMILES string of the molecule is CCC(CC)(C(C)C)C(C)(C)CO. The minimum atomic E-state index is 0.0324. The first kappa shape index (κ1) is 13.0. The molecule has 0 aromatic heterocycles. The van der Waals surface area contributed by atoms with Gasteiger partial charge in [0.1, 0.15) is 0 Å². The Balaban J connectivity index is 4.97. The fraction of sp³-hybridized carbons (Fsp3) is 1.00. The number of aliphatic hydroxyl groups is 1. The molecule has 0 heterocycles. The Labute approximate surface area is 83.5 Å². The van der Waals surface area contributed by atoms with Crippen molar-refractivity contribution in [1.29, 1.82) is 0 Å². The Hall–Kier alpha value is -0.0400. The Morgan fingerprint density at radius 2 is 1.46 bits per heavy atom. The molecule has 13 heavy (non-hydrogen) atoms. The lowest BCUT2D eigenvalue weighted by Gasteiger charge is -2.48. The normalized spacial score (nSPS) is 13.8. The van der Waals surface area contributed by atoms with Crippen LogP contribution in [0.1, 0.15) is 54.4 Å². The van der Waals surface area contributed by atoms with Crippen LogP contribution in [-0.4, -0.2) is 11.7 Å². The van der Waals surface area contributed by atoms with E-state index in [-0.39, 0.29) is 17.4 Å². The van der Waals surface area contributed by atoms with E-state index < -0.39 is 0 Å². The standard InChI is InChI=1S/C12H26O/c1-7-12(8-2,10(3)4)11(5,6)9-13/h10,13H,7-9H2,1-6H3. The summed E-state index contributed by atoms with van der Waals surface area (Å²) in [5.74, 6) is 0.629. The second-order valence-corrected chi connectivity index (χ2v) is 5.06. The molecule has 0 rings (SSSR count). The zero-order chi connectivity index (χ0) is 10.7. The maximum absolute atomic E-state index is 9.44. The topological polar surface area (TPSA) is 20.2 Å². The van der Waals surface area contributed by atoms with Gasteiger partial charge in [-0.2, -0.15) is 0 Å². The Morgan fingerprint density at radius 1 is 1.08 bits per heavy atom. The van der Waals surface area contributed by atoms with Crippen LogP contribution in [0.15, 0.2) is 0 Å². The molecular weight excluding hydrogens is 160 g/mol. The Morgan fingerprint density at radius 3 is 1.54 bits per heavy atom. The Kier molecular flexibility index (Phi) is 4.44. The van der Waals surface area contributed by atoms with Crippen LogP contribution in [0.3, 0.4) is 0 Å². The molecule has 0 aromatic rings. The van der Waals surface area contributed by atoms with Gasteiger partial charge in [-0.3, -0.25) is 0 Å². The highest BCUT2D eigenvalue weighted by molar-refractivity contribution is 4.92. The van der Waals surface area contributed by atoms with Crippen LogP contribution >= 0.6 is 0 Å². The molecule has 1 heteroatoms. The van der Waals surface area contributed by atoms with Gasteiger partial charge in [0, 0.05) is 6.61 Å². The van der Waals surface area contributed by atoms with Crippen LogP contribution in [0.5, 0.6) is 0 Å². The first-order valence-corrected chi connectivity index (χ1v) is 5.48. The molecule has 0 spiro atoms. The van der Waals surface area contributed by atoms with Crippen LogP contribution in [-0.2, 0) is 0 Å². The van der Waals surface area contributed by atoms with Crippen molar-refractivity contribution in [1.82, 2.24) is 0 Å². The molecular formula is C12H26O.